The van der Waals surface area contributed by atoms with Gasteiger partial charge in [-0.2, -0.15) is 10.5 Å². The standard InChI is InChI=1S/C12H21N3O5/c1-8-13-10(19-14-8)17-7-12(5,6)20-15-9(16)18-11(2,3)4/h7H2,1-6H3,(H,15,16). The fraction of sp³-hybridized carbons (Fsp3) is 0.750. The Morgan fingerprint density at radius 1 is 1.30 bits per heavy atom. The topological polar surface area (TPSA) is 95.7 Å². The van der Waals surface area contributed by atoms with E-state index in [0.717, 1.165) is 0 Å². The van der Waals surface area contributed by atoms with Gasteiger partial charge in [-0.15, -0.1) is 0 Å². The number of aryl methyl sites for hydroxylation is 1. The fourth-order valence-electron chi connectivity index (χ4n) is 1.08. The summed E-state index contributed by atoms with van der Waals surface area (Å²) in [6, 6.07) is 0. The van der Waals surface area contributed by atoms with Crippen molar-refractivity contribution in [1.29, 1.82) is 0 Å². The van der Waals surface area contributed by atoms with Crippen LogP contribution in [0.15, 0.2) is 4.52 Å². The molecule has 0 atom stereocenters. The van der Waals surface area contributed by atoms with E-state index in [1.54, 1.807) is 41.5 Å². The molecule has 1 heterocycles. The van der Waals surface area contributed by atoms with Crippen molar-refractivity contribution in [1.82, 2.24) is 15.6 Å². The highest BCUT2D eigenvalue weighted by molar-refractivity contribution is 5.66. The third-order valence-corrected chi connectivity index (χ3v) is 1.86. The van der Waals surface area contributed by atoms with Crippen molar-refractivity contribution in [3.05, 3.63) is 5.82 Å². The molecule has 0 saturated carbocycles. The van der Waals surface area contributed by atoms with E-state index in [0.29, 0.717) is 5.82 Å². The molecular weight excluding hydrogens is 266 g/mol. The van der Waals surface area contributed by atoms with E-state index in [4.69, 9.17) is 18.8 Å². The van der Waals surface area contributed by atoms with Crippen LogP contribution in [0.1, 0.15) is 40.4 Å². The van der Waals surface area contributed by atoms with Crippen LogP contribution in [0.4, 0.5) is 4.79 Å². The minimum Gasteiger partial charge on any atom is -0.446 e. The monoisotopic (exact) mass is 287 g/mol. The van der Waals surface area contributed by atoms with E-state index in [9.17, 15) is 4.79 Å². The summed E-state index contributed by atoms with van der Waals surface area (Å²) in [5.74, 6) is 0.477. The van der Waals surface area contributed by atoms with Crippen molar-refractivity contribution in [2.45, 2.75) is 52.7 Å². The van der Waals surface area contributed by atoms with Gasteiger partial charge in [-0.3, -0.25) is 9.36 Å². The van der Waals surface area contributed by atoms with Crippen LogP contribution in [0.3, 0.4) is 0 Å². The van der Waals surface area contributed by atoms with Crippen LogP contribution in [0.2, 0.25) is 0 Å². The molecule has 0 saturated heterocycles. The van der Waals surface area contributed by atoms with E-state index in [1.807, 2.05) is 0 Å². The summed E-state index contributed by atoms with van der Waals surface area (Å²) in [4.78, 5) is 20.6. The van der Waals surface area contributed by atoms with Crippen molar-refractivity contribution >= 4 is 6.09 Å². The Morgan fingerprint density at radius 2 is 1.95 bits per heavy atom. The summed E-state index contributed by atoms with van der Waals surface area (Å²) in [7, 11) is 0. The first kappa shape index (κ1) is 16.2. The third-order valence-electron chi connectivity index (χ3n) is 1.86. The van der Waals surface area contributed by atoms with Crippen LogP contribution in [0.5, 0.6) is 6.08 Å². The van der Waals surface area contributed by atoms with Crippen LogP contribution in [0, 0.1) is 6.92 Å². The van der Waals surface area contributed by atoms with Crippen LogP contribution in [0.25, 0.3) is 0 Å². The predicted molar refractivity (Wildman–Crippen MR) is 69.1 cm³/mol. The average Bonchev–Trinajstić information content (AvgIpc) is 2.68. The van der Waals surface area contributed by atoms with Crippen LogP contribution >= 0.6 is 0 Å². The highest BCUT2D eigenvalue weighted by Crippen LogP contribution is 2.13. The molecule has 0 unspecified atom stereocenters. The quantitative estimate of drug-likeness (QED) is 0.827. The maximum atomic E-state index is 11.4. The molecule has 0 aromatic carbocycles. The van der Waals surface area contributed by atoms with Crippen molar-refractivity contribution < 1.29 is 23.6 Å². The normalized spacial score (nSPS) is 12.1. The first-order chi connectivity index (χ1) is 9.07. The maximum absolute atomic E-state index is 11.4. The van der Waals surface area contributed by atoms with Gasteiger partial charge in [0.05, 0.1) is 0 Å². The van der Waals surface area contributed by atoms with Gasteiger partial charge in [0.2, 0.25) is 0 Å². The van der Waals surface area contributed by atoms with Gasteiger partial charge in [-0.1, -0.05) is 5.16 Å². The predicted octanol–water partition coefficient (Wildman–Crippen LogP) is 1.99. The summed E-state index contributed by atoms with van der Waals surface area (Å²) in [6.07, 6.45) is -0.615. The number of carbonyl (C=O) groups excluding carboxylic acids is 1. The van der Waals surface area contributed by atoms with Gasteiger partial charge in [0.15, 0.2) is 5.82 Å². The van der Waals surface area contributed by atoms with Gasteiger partial charge in [0.25, 0.3) is 0 Å². The Morgan fingerprint density at radius 3 is 2.45 bits per heavy atom. The largest absolute Gasteiger partial charge is 0.446 e. The van der Waals surface area contributed by atoms with Gasteiger partial charge in [0.1, 0.15) is 17.8 Å². The Bertz CT molecular complexity index is 450. The maximum Gasteiger partial charge on any atom is 0.431 e. The summed E-state index contributed by atoms with van der Waals surface area (Å²) in [5.41, 5.74) is 0.833. The second kappa shape index (κ2) is 6.08. The lowest BCUT2D eigenvalue weighted by molar-refractivity contribution is -0.107. The van der Waals surface area contributed by atoms with Gasteiger partial charge in [-0.25, -0.2) is 4.79 Å². The third kappa shape index (κ3) is 6.37. The minimum absolute atomic E-state index is 0.0523. The summed E-state index contributed by atoms with van der Waals surface area (Å²) in [5, 5.41) is 3.59. The van der Waals surface area contributed by atoms with Gasteiger partial charge in [-0.05, 0) is 41.5 Å². The molecule has 0 bridgehead atoms. The molecule has 1 aromatic rings. The molecule has 1 amide bonds. The molecule has 0 aliphatic heterocycles. The van der Waals surface area contributed by atoms with Crippen molar-refractivity contribution in [2.75, 3.05) is 6.61 Å². The molecule has 114 valence electrons. The summed E-state index contributed by atoms with van der Waals surface area (Å²) in [6.45, 7) is 10.5. The smallest absolute Gasteiger partial charge is 0.431 e. The molecule has 1 N–H and O–H groups in total. The lowest BCUT2D eigenvalue weighted by Gasteiger charge is -2.25. The summed E-state index contributed by atoms with van der Waals surface area (Å²) < 4.78 is 15.1. The number of hydrogen-bond acceptors (Lipinski definition) is 7. The highest BCUT2D eigenvalue weighted by atomic mass is 16.7. The Labute approximate surface area is 117 Å². The number of hydrogen-bond donors (Lipinski definition) is 1. The zero-order chi connectivity index (χ0) is 15.4. The number of ether oxygens (including phenoxy) is 2. The Balaban J connectivity index is 2.35. The molecule has 8 nitrogen and oxygen atoms in total. The number of amides is 1. The molecule has 1 rings (SSSR count). The molecule has 0 fully saturated rings. The van der Waals surface area contributed by atoms with Gasteiger partial charge >= 0.3 is 12.2 Å². The number of carbonyl (C=O) groups is 1. The number of hydroxylamine groups is 1. The molecular formula is C12H21N3O5. The number of nitrogens with one attached hydrogen (secondary N) is 1. The van der Waals surface area contributed by atoms with Crippen LogP contribution in [-0.4, -0.2) is 34.0 Å². The number of nitrogens with zero attached hydrogens (tertiary/aromatic N) is 2. The van der Waals surface area contributed by atoms with E-state index < -0.39 is 17.3 Å². The van der Waals surface area contributed by atoms with Crippen molar-refractivity contribution in [3.63, 3.8) is 0 Å². The minimum atomic E-state index is -0.792. The van der Waals surface area contributed by atoms with Crippen molar-refractivity contribution in [2.24, 2.45) is 0 Å². The second-order valence-electron chi connectivity index (χ2n) is 5.86. The number of rotatable bonds is 5. The van der Waals surface area contributed by atoms with E-state index in [2.05, 4.69) is 15.6 Å². The van der Waals surface area contributed by atoms with Crippen molar-refractivity contribution in [3.8, 4) is 6.08 Å². The average molecular weight is 287 g/mol. The molecule has 0 spiro atoms. The molecule has 0 aliphatic carbocycles. The Hall–Kier alpha value is -1.83. The first-order valence-corrected chi connectivity index (χ1v) is 6.17. The highest BCUT2D eigenvalue weighted by Gasteiger charge is 2.24. The molecule has 1 aromatic heterocycles. The second-order valence-corrected chi connectivity index (χ2v) is 5.86. The fourth-order valence-corrected chi connectivity index (χ4v) is 1.08. The SMILES string of the molecule is Cc1noc(OCC(C)(C)ONC(=O)OC(C)(C)C)n1. The lowest BCUT2D eigenvalue weighted by atomic mass is 10.2. The van der Waals surface area contributed by atoms with Crippen LogP contribution in [-0.2, 0) is 9.57 Å². The van der Waals surface area contributed by atoms with E-state index in [1.165, 1.54) is 0 Å². The van der Waals surface area contributed by atoms with Crippen LogP contribution < -0.4 is 10.2 Å². The first-order valence-electron chi connectivity index (χ1n) is 6.17. The van der Waals surface area contributed by atoms with E-state index >= 15 is 0 Å². The molecule has 20 heavy (non-hydrogen) atoms. The molecule has 0 radical (unpaired) electrons. The molecule has 0 aliphatic rings. The zero-order valence-corrected chi connectivity index (χ0v) is 12.6. The van der Waals surface area contributed by atoms with E-state index in [-0.39, 0.29) is 12.7 Å². The lowest BCUT2D eigenvalue weighted by Crippen LogP contribution is -2.42. The molecule has 8 heteroatoms. The number of aromatic nitrogens is 2. The summed E-state index contributed by atoms with van der Waals surface area (Å²) >= 11 is 0. The van der Waals surface area contributed by atoms with Gasteiger partial charge < -0.3 is 9.47 Å². The zero-order valence-electron chi connectivity index (χ0n) is 12.6. The van der Waals surface area contributed by atoms with Gasteiger partial charge in [0, 0.05) is 0 Å². The Kier molecular flexibility index (Phi) is 4.93.